The quantitative estimate of drug-likeness (QED) is 0.188. The molecular weight excluding hydrogens is 435 g/mol. The monoisotopic (exact) mass is 448 g/mol. The number of ether oxygens (including phenoxy) is 1. The van der Waals surface area contributed by atoms with Gasteiger partial charge in [-0.25, -0.2) is 22.0 Å². The molecule has 0 aliphatic rings. The summed E-state index contributed by atoms with van der Waals surface area (Å²) >= 11 is 0. The van der Waals surface area contributed by atoms with Crippen molar-refractivity contribution in [2.24, 2.45) is 0 Å². The standard InChI is InChI=1S/C27H13F5O/c1-33-20-8-4-16(5-9-20)2-3-18-13-23(28)22(24(29)14-18)11-7-17-6-10-21-19(12-17)15-25(30)27(32)26(21)31/h4-6,8-10,12-15H,1H3. The lowest BCUT2D eigenvalue weighted by molar-refractivity contribution is 0.415. The molecule has 0 N–H and O–H groups in total. The second-order valence-electron chi connectivity index (χ2n) is 6.97. The molecule has 0 aliphatic heterocycles. The fourth-order valence-corrected chi connectivity index (χ4v) is 3.10. The van der Waals surface area contributed by atoms with Gasteiger partial charge in [0.2, 0.25) is 0 Å². The van der Waals surface area contributed by atoms with Crippen molar-refractivity contribution in [3.05, 3.63) is 112 Å². The van der Waals surface area contributed by atoms with E-state index in [1.807, 2.05) is 0 Å². The summed E-state index contributed by atoms with van der Waals surface area (Å²) in [5.41, 5.74) is 0.547. The Kier molecular flexibility index (Phi) is 6.02. The maximum absolute atomic E-state index is 14.5. The summed E-state index contributed by atoms with van der Waals surface area (Å²) < 4.78 is 74.7. The number of methoxy groups -OCH3 is 1. The minimum absolute atomic E-state index is 0.0725. The van der Waals surface area contributed by atoms with E-state index in [4.69, 9.17) is 4.74 Å². The highest BCUT2D eigenvalue weighted by Crippen LogP contribution is 2.24. The second-order valence-corrected chi connectivity index (χ2v) is 6.97. The van der Waals surface area contributed by atoms with Gasteiger partial charge in [-0.1, -0.05) is 29.7 Å². The van der Waals surface area contributed by atoms with Gasteiger partial charge in [0.25, 0.3) is 0 Å². The van der Waals surface area contributed by atoms with E-state index in [-0.39, 0.29) is 21.9 Å². The molecule has 4 aromatic carbocycles. The van der Waals surface area contributed by atoms with E-state index in [1.54, 1.807) is 24.3 Å². The average Bonchev–Trinajstić information content (AvgIpc) is 2.81. The molecule has 33 heavy (non-hydrogen) atoms. The SMILES string of the molecule is COc1ccc(C#Cc2cc(F)c(C#Cc3ccc4c(F)c(F)c(F)cc4c3)c(F)c2)cc1. The van der Waals surface area contributed by atoms with Gasteiger partial charge in [-0.05, 0) is 60.0 Å². The van der Waals surface area contributed by atoms with Gasteiger partial charge in [0.05, 0.1) is 12.7 Å². The van der Waals surface area contributed by atoms with E-state index in [0.29, 0.717) is 11.3 Å². The Hall–Kier alpha value is -4.29. The molecule has 0 unspecified atom stereocenters. The van der Waals surface area contributed by atoms with E-state index < -0.39 is 34.6 Å². The molecule has 0 bridgehead atoms. The van der Waals surface area contributed by atoms with Crippen LogP contribution in [0.1, 0.15) is 22.3 Å². The molecule has 1 nitrogen and oxygen atoms in total. The summed E-state index contributed by atoms with van der Waals surface area (Å²) in [4.78, 5) is 0. The fraction of sp³-hybridized carbons (Fsp3) is 0.0370. The van der Waals surface area contributed by atoms with Crippen molar-refractivity contribution in [1.82, 2.24) is 0 Å². The number of rotatable bonds is 1. The zero-order valence-electron chi connectivity index (χ0n) is 17.1. The minimum atomic E-state index is -1.57. The van der Waals surface area contributed by atoms with Crippen molar-refractivity contribution in [3.8, 4) is 29.4 Å². The lowest BCUT2D eigenvalue weighted by Gasteiger charge is -2.03. The molecule has 0 saturated carbocycles. The predicted molar refractivity (Wildman–Crippen MR) is 115 cm³/mol. The molecule has 0 amide bonds. The maximum Gasteiger partial charge on any atom is 0.195 e. The maximum atomic E-state index is 14.5. The van der Waals surface area contributed by atoms with Crippen LogP contribution < -0.4 is 4.74 Å². The number of benzene rings is 4. The third-order valence-corrected chi connectivity index (χ3v) is 4.79. The molecule has 0 radical (unpaired) electrons. The van der Waals surface area contributed by atoms with Gasteiger partial charge in [0.1, 0.15) is 17.4 Å². The predicted octanol–water partition coefficient (Wildman–Crippen LogP) is 6.34. The first-order valence-corrected chi connectivity index (χ1v) is 9.60. The molecule has 4 aromatic rings. The largest absolute Gasteiger partial charge is 0.497 e. The Morgan fingerprint density at radius 1 is 0.576 bits per heavy atom. The van der Waals surface area contributed by atoms with Gasteiger partial charge in [-0.3, -0.25) is 0 Å². The summed E-state index contributed by atoms with van der Waals surface area (Å²) in [6, 6.07) is 13.7. The first kappa shape index (κ1) is 21.9. The van der Waals surface area contributed by atoms with Crippen LogP contribution in [0.3, 0.4) is 0 Å². The highest BCUT2D eigenvalue weighted by molar-refractivity contribution is 5.84. The number of hydrogen-bond donors (Lipinski definition) is 0. The molecule has 6 heteroatoms. The average molecular weight is 448 g/mol. The third kappa shape index (κ3) is 4.66. The molecule has 0 aromatic heterocycles. The molecule has 0 fully saturated rings. The van der Waals surface area contributed by atoms with Crippen molar-refractivity contribution >= 4 is 10.8 Å². The van der Waals surface area contributed by atoms with Crippen molar-refractivity contribution < 1.29 is 26.7 Å². The number of halogens is 5. The molecule has 0 atom stereocenters. The van der Waals surface area contributed by atoms with E-state index in [0.717, 1.165) is 18.2 Å². The normalized spacial score (nSPS) is 10.2. The van der Waals surface area contributed by atoms with Crippen LogP contribution in [0.4, 0.5) is 22.0 Å². The lowest BCUT2D eigenvalue weighted by Crippen LogP contribution is -1.93. The fourth-order valence-electron chi connectivity index (χ4n) is 3.10. The van der Waals surface area contributed by atoms with E-state index in [1.165, 1.54) is 25.3 Å². The summed E-state index contributed by atoms with van der Waals surface area (Å²) in [5.74, 6) is 5.10. The Bertz CT molecular complexity index is 1480. The van der Waals surface area contributed by atoms with Crippen molar-refractivity contribution in [2.45, 2.75) is 0 Å². The van der Waals surface area contributed by atoms with Crippen LogP contribution in [-0.2, 0) is 0 Å². The van der Waals surface area contributed by atoms with Gasteiger partial charge in [0, 0.05) is 22.1 Å². The zero-order valence-corrected chi connectivity index (χ0v) is 17.1. The second kappa shape index (κ2) is 9.06. The Labute approximate surface area is 186 Å². The van der Waals surface area contributed by atoms with Crippen LogP contribution in [-0.4, -0.2) is 7.11 Å². The van der Waals surface area contributed by atoms with Gasteiger partial charge < -0.3 is 4.74 Å². The molecular formula is C27H13F5O. The van der Waals surface area contributed by atoms with Crippen LogP contribution in [0.5, 0.6) is 5.75 Å². The topological polar surface area (TPSA) is 9.23 Å². The van der Waals surface area contributed by atoms with Crippen LogP contribution >= 0.6 is 0 Å². The van der Waals surface area contributed by atoms with Gasteiger partial charge in [-0.2, -0.15) is 0 Å². The van der Waals surface area contributed by atoms with Gasteiger partial charge >= 0.3 is 0 Å². The lowest BCUT2D eigenvalue weighted by atomic mass is 10.1. The molecule has 4 rings (SSSR count). The van der Waals surface area contributed by atoms with Crippen LogP contribution in [0.2, 0.25) is 0 Å². The van der Waals surface area contributed by atoms with Gasteiger partial charge in [-0.15, -0.1) is 0 Å². The Morgan fingerprint density at radius 3 is 1.85 bits per heavy atom. The number of fused-ring (bicyclic) bond motifs is 1. The van der Waals surface area contributed by atoms with Crippen LogP contribution in [0, 0.1) is 52.8 Å². The Balaban J connectivity index is 1.63. The summed E-state index contributed by atoms with van der Waals surface area (Å²) in [5, 5.41) is -0.0557. The smallest absolute Gasteiger partial charge is 0.195 e. The summed E-state index contributed by atoms with van der Waals surface area (Å²) in [6.07, 6.45) is 0. The minimum Gasteiger partial charge on any atom is -0.497 e. The summed E-state index contributed by atoms with van der Waals surface area (Å²) in [7, 11) is 1.54. The molecule has 0 saturated heterocycles. The van der Waals surface area contributed by atoms with Crippen LogP contribution in [0.15, 0.2) is 60.7 Å². The van der Waals surface area contributed by atoms with Crippen LogP contribution in [0.25, 0.3) is 10.8 Å². The van der Waals surface area contributed by atoms with Crippen molar-refractivity contribution in [3.63, 3.8) is 0 Å². The molecule has 0 aliphatic carbocycles. The molecule has 0 spiro atoms. The first-order valence-electron chi connectivity index (χ1n) is 9.60. The first-order chi connectivity index (χ1) is 15.9. The third-order valence-electron chi connectivity index (χ3n) is 4.79. The van der Waals surface area contributed by atoms with Crippen molar-refractivity contribution in [1.29, 1.82) is 0 Å². The highest BCUT2D eigenvalue weighted by Gasteiger charge is 2.13. The number of hydrogen-bond acceptors (Lipinski definition) is 1. The van der Waals surface area contributed by atoms with Gasteiger partial charge in [0.15, 0.2) is 17.5 Å². The highest BCUT2D eigenvalue weighted by atomic mass is 19.2. The van der Waals surface area contributed by atoms with Crippen molar-refractivity contribution in [2.75, 3.05) is 7.11 Å². The Morgan fingerprint density at radius 2 is 1.18 bits per heavy atom. The van der Waals surface area contributed by atoms with E-state index in [9.17, 15) is 22.0 Å². The summed E-state index contributed by atoms with van der Waals surface area (Å²) in [6.45, 7) is 0. The molecule has 0 heterocycles. The zero-order chi connectivity index (χ0) is 23.5. The van der Waals surface area contributed by atoms with E-state index >= 15 is 0 Å². The van der Waals surface area contributed by atoms with E-state index in [2.05, 4.69) is 23.7 Å². The molecule has 162 valence electrons.